The van der Waals surface area contributed by atoms with Crippen molar-refractivity contribution in [2.75, 3.05) is 39.6 Å². The number of benzene rings is 2. The van der Waals surface area contributed by atoms with Gasteiger partial charge in [-0.25, -0.2) is 0 Å². The van der Waals surface area contributed by atoms with E-state index >= 15 is 0 Å². The lowest BCUT2D eigenvalue weighted by Gasteiger charge is -2.23. The van der Waals surface area contributed by atoms with E-state index in [1.165, 1.54) is 21.7 Å². The molecule has 0 aliphatic carbocycles. The fraction of sp³-hybridized carbons (Fsp3) is 0.381. The number of likely N-dealkylation sites (N-methyl/N-ethyl adjacent to an activating group) is 1. The number of hydrogen-bond acceptors (Lipinski definition) is 2. The second-order valence-electron chi connectivity index (χ2n) is 7.09. The second-order valence-corrected chi connectivity index (χ2v) is 7.09. The summed E-state index contributed by atoms with van der Waals surface area (Å²) in [5.41, 5.74) is 4.66. The van der Waals surface area contributed by atoms with E-state index in [-0.39, 0.29) is 11.9 Å². The van der Waals surface area contributed by atoms with E-state index < -0.39 is 0 Å². The van der Waals surface area contributed by atoms with Gasteiger partial charge in [0, 0.05) is 25.3 Å². The van der Waals surface area contributed by atoms with Crippen LogP contribution in [0.25, 0.3) is 0 Å². The highest BCUT2D eigenvalue weighted by atomic mass is 16.1. The van der Waals surface area contributed by atoms with Crippen LogP contribution < -0.4 is 15.1 Å². The van der Waals surface area contributed by atoms with Gasteiger partial charge in [0.25, 0.3) is 0 Å². The zero-order valence-electron chi connectivity index (χ0n) is 16.0. The van der Waals surface area contributed by atoms with Crippen molar-refractivity contribution in [2.45, 2.75) is 19.4 Å². The molecule has 2 aromatic rings. The minimum absolute atomic E-state index is 0.0711. The Morgan fingerprint density at radius 1 is 1.12 bits per heavy atom. The quantitative estimate of drug-likeness (QED) is 0.803. The summed E-state index contributed by atoms with van der Waals surface area (Å²) in [5.74, 6) is 0.0711. The van der Waals surface area contributed by atoms with Crippen LogP contribution in [0, 0.1) is 6.92 Å². The standard InChI is InChI=1S/C21H29N3O/c1-16-7-6-8-17(13-16)14-21(25)22-15-20(24(4)5)18-9-11-19(12-10-18)23(2)3/h6-13,20H,14-15H2,1-5H3,(H,22,25)/p+1/t20-/m1/s1. The van der Waals surface area contributed by atoms with E-state index in [0.29, 0.717) is 13.0 Å². The Hall–Kier alpha value is -2.33. The molecule has 134 valence electrons. The number of carbonyl (C=O) groups is 1. The fourth-order valence-corrected chi connectivity index (χ4v) is 2.95. The SMILES string of the molecule is Cc1cccc(CC(=O)NC[C@H](c2ccc(N(C)C)cc2)[NH+](C)C)c1. The van der Waals surface area contributed by atoms with E-state index in [1.807, 2.05) is 39.2 Å². The van der Waals surface area contributed by atoms with E-state index in [4.69, 9.17) is 0 Å². The molecule has 0 saturated carbocycles. The predicted octanol–water partition coefficient (Wildman–Crippen LogP) is 1.61. The topological polar surface area (TPSA) is 36.8 Å². The summed E-state index contributed by atoms with van der Waals surface area (Å²) in [4.78, 5) is 15.7. The second kappa shape index (κ2) is 8.67. The minimum atomic E-state index is 0.0711. The molecule has 0 unspecified atom stereocenters. The van der Waals surface area contributed by atoms with Crippen LogP contribution in [0.3, 0.4) is 0 Å². The summed E-state index contributed by atoms with van der Waals surface area (Å²) in [6.45, 7) is 2.68. The molecule has 0 spiro atoms. The van der Waals surface area contributed by atoms with Crippen LogP contribution in [0.5, 0.6) is 0 Å². The lowest BCUT2D eigenvalue weighted by atomic mass is 10.0. The highest BCUT2D eigenvalue weighted by molar-refractivity contribution is 5.78. The van der Waals surface area contributed by atoms with E-state index in [2.05, 4.69) is 54.6 Å². The number of nitrogens with one attached hydrogen (secondary N) is 2. The molecule has 0 bridgehead atoms. The molecule has 0 saturated heterocycles. The first-order chi connectivity index (χ1) is 11.9. The van der Waals surface area contributed by atoms with Crippen molar-refractivity contribution >= 4 is 11.6 Å². The first kappa shape index (κ1) is 19.0. The largest absolute Gasteiger partial charge is 0.378 e. The summed E-state index contributed by atoms with van der Waals surface area (Å²) in [6.07, 6.45) is 0.427. The van der Waals surface area contributed by atoms with Gasteiger partial charge in [0.15, 0.2) is 0 Å². The van der Waals surface area contributed by atoms with Crippen LogP contribution in [0.2, 0.25) is 0 Å². The van der Waals surface area contributed by atoms with Gasteiger partial charge >= 0.3 is 0 Å². The van der Waals surface area contributed by atoms with Gasteiger partial charge in [-0.05, 0) is 24.6 Å². The number of hydrogen-bond donors (Lipinski definition) is 2. The molecule has 4 nitrogen and oxygen atoms in total. The van der Waals surface area contributed by atoms with Crippen molar-refractivity contribution in [3.8, 4) is 0 Å². The Labute approximate surface area is 151 Å². The van der Waals surface area contributed by atoms with Crippen LogP contribution in [-0.4, -0.2) is 40.6 Å². The van der Waals surface area contributed by atoms with Crippen molar-refractivity contribution in [3.05, 3.63) is 65.2 Å². The average molecular weight is 340 g/mol. The molecule has 0 radical (unpaired) electrons. The molecule has 0 aliphatic rings. The summed E-state index contributed by atoms with van der Waals surface area (Å²) in [7, 11) is 8.32. The van der Waals surface area contributed by atoms with Crippen molar-refractivity contribution in [2.24, 2.45) is 0 Å². The van der Waals surface area contributed by atoms with Crippen molar-refractivity contribution in [1.29, 1.82) is 0 Å². The maximum atomic E-state index is 12.3. The molecular weight excluding hydrogens is 310 g/mol. The fourth-order valence-electron chi connectivity index (χ4n) is 2.95. The summed E-state index contributed by atoms with van der Waals surface area (Å²) in [6, 6.07) is 16.9. The number of aryl methyl sites for hydroxylation is 1. The molecule has 25 heavy (non-hydrogen) atoms. The summed E-state index contributed by atoms with van der Waals surface area (Å²) >= 11 is 0. The van der Waals surface area contributed by atoms with Crippen molar-refractivity contribution in [1.82, 2.24) is 5.32 Å². The molecule has 2 N–H and O–H groups in total. The monoisotopic (exact) mass is 340 g/mol. The molecule has 0 fully saturated rings. The zero-order valence-corrected chi connectivity index (χ0v) is 16.0. The lowest BCUT2D eigenvalue weighted by molar-refractivity contribution is -0.890. The Morgan fingerprint density at radius 3 is 2.36 bits per heavy atom. The van der Waals surface area contributed by atoms with Crippen LogP contribution in [0.4, 0.5) is 5.69 Å². The third kappa shape index (κ3) is 5.61. The summed E-state index contributed by atoms with van der Waals surface area (Å²) < 4.78 is 0. The Morgan fingerprint density at radius 2 is 1.80 bits per heavy atom. The van der Waals surface area contributed by atoms with Gasteiger partial charge in [-0.2, -0.15) is 0 Å². The average Bonchev–Trinajstić information content (AvgIpc) is 2.55. The number of anilines is 1. The van der Waals surface area contributed by atoms with Gasteiger partial charge in [-0.15, -0.1) is 0 Å². The third-order valence-electron chi connectivity index (χ3n) is 4.46. The first-order valence-corrected chi connectivity index (χ1v) is 8.76. The van der Waals surface area contributed by atoms with Crippen molar-refractivity contribution in [3.63, 3.8) is 0 Å². The van der Waals surface area contributed by atoms with E-state index in [1.54, 1.807) is 0 Å². The summed E-state index contributed by atoms with van der Waals surface area (Å²) in [5, 5.41) is 3.10. The predicted molar refractivity (Wildman–Crippen MR) is 104 cm³/mol. The molecule has 1 atom stereocenters. The van der Waals surface area contributed by atoms with Gasteiger partial charge in [0.2, 0.25) is 5.91 Å². The number of carbonyl (C=O) groups excluding carboxylic acids is 1. The number of nitrogens with zero attached hydrogens (tertiary/aromatic N) is 1. The Bertz CT molecular complexity index is 693. The minimum Gasteiger partial charge on any atom is -0.378 e. The van der Waals surface area contributed by atoms with E-state index in [9.17, 15) is 4.79 Å². The van der Waals surface area contributed by atoms with Gasteiger partial charge < -0.3 is 15.1 Å². The van der Waals surface area contributed by atoms with Crippen LogP contribution >= 0.6 is 0 Å². The number of amides is 1. The van der Waals surface area contributed by atoms with Crippen LogP contribution in [0.15, 0.2) is 48.5 Å². The Kier molecular flexibility index (Phi) is 6.59. The third-order valence-corrected chi connectivity index (χ3v) is 4.46. The van der Waals surface area contributed by atoms with Crippen molar-refractivity contribution < 1.29 is 9.69 Å². The number of quaternary nitrogens is 1. The first-order valence-electron chi connectivity index (χ1n) is 8.76. The molecule has 2 rings (SSSR count). The molecule has 0 heterocycles. The lowest BCUT2D eigenvalue weighted by Crippen LogP contribution is -3.07. The molecule has 0 aliphatic heterocycles. The highest BCUT2D eigenvalue weighted by Crippen LogP contribution is 2.16. The molecule has 2 aromatic carbocycles. The molecule has 1 amide bonds. The maximum absolute atomic E-state index is 12.3. The maximum Gasteiger partial charge on any atom is 0.224 e. The molecule has 4 heteroatoms. The smallest absolute Gasteiger partial charge is 0.224 e. The van der Waals surface area contributed by atoms with Crippen LogP contribution in [0.1, 0.15) is 22.7 Å². The van der Waals surface area contributed by atoms with Gasteiger partial charge in [0.1, 0.15) is 6.04 Å². The van der Waals surface area contributed by atoms with E-state index in [0.717, 1.165) is 5.56 Å². The van der Waals surface area contributed by atoms with Crippen LogP contribution in [-0.2, 0) is 11.2 Å². The number of rotatable bonds is 7. The normalized spacial score (nSPS) is 12.1. The highest BCUT2D eigenvalue weighted by Gasteiger charge is 2.19. The molecule has 0 aromatic heterocycles. The molecular formula is C21H30N3O+. The van der Waals surface area contributed by atoms with Gasteiger partial charge in [-0.3, -0.25) is 4.79 Å². The Balaban J connectivity index is 1.98. The van der Waals surface area contributed by atoms with Gasteiger partial charge in [-0.1, -0.05) is 42.0 Å². The van der Waals surface area contributed by atoms with Gasteiger partial charge in [0.05, 0.1) is 27.1 Å². The zero-order chi connectivity index (χ0) is 18.4.